The van der Waals surface area contributed by atoms with Gasteiger partial charge in [0.2, 0.25) is 0 Å². The topological polar surface area (TPSA) is 31.4 Å². The van der Waals surface area contributed by atoms with Crippen LogP contribution in [0.1, 0.15) is 37.3 Å². The number of pyridine rings is 1. The average Bonchev–Trinajstić information content (AvgIpc) is 3.11. The van der Waals surface area contributed by atoms with Gasteiger partial charge in [0.25, 0.3) is 0 Å². The Morgan fingerprint density at radius 2 is 2.00 bits per heavy atom. The molecule has 0 aromatic carbocycles. The molecular weight excluding hydrogens is 340 g/mol. The van der Waals surface area contributed by atoms with E-state index in [1.165, 1.54) is 43.5 Å². The van der Waals surface area contributed by atoms with E-state index in [1.54, 1.807) is 11.3 Å². The molecule has 1 aliphatic heterocycles. The average molecular weight is 371 g/mol. The van der Waals surface area contributed by atoms with Gasteiger partial charge in [-0.2, -0.15) is 11.3 Å². The summed E-state index contributed by atoms with van der Waals surface area (Å²) in [6.07, 6.45) is 6.09. The zero-order valence-electron chi connectivity index (χ0n) is 15.9. The number of thiophene rings is 1. The summed E-state index contributed by atoms with van der Waals surface area (Å²) in [5.41, 5.74) is 3.34. The SMILES string of the molecule is CCN(C)c1ccc(CN(Cc2ccsc2)C2CC23CCNCC3)cn1. The summed E-state index contributed by atoms with van der Waals surface area (Å²) in [5, 5.41) is 8.01. The van der Waals surface area contributed by atoms with Crippen LogP contribution in [0.25, 0.3) is 0 Å². The maximum atomic E-state index is 4.67. The van der Waals surface area contributed by atoms with Gasteiger partial charge in [-0.3, -0.25) is 4.90 Å². The van der Waals surface area contributed by atoms with Crippen molar-refractivity contribution in [3.63, 3.8) is 0 Å². The summed E-state index contributed by atoms with van der Waals surface area (Å²) >= 11 is 1.80. The highest BCUT2D eigenvalue weighted by atomic mass is 32.1. The highest BCUT2D eigenvalue weighted by molar-refractivity contribution is 7.07. The Morgan fingerprint density at radius 3 is 2.65 bits per heavy atom. The van der Waals surface area contributed by atoms with E-state index < -0.39 is 0 Å². The fraction of sp³-hybridized carbons (Fsp3) is 0.571. The lowest BCUT2D eigenvalue weighted by Gasteiger charge is -2.29. The molecule has 1 N–H and O–H groups in total. The molecule has 1 saturated heterocycles. The first-order chi connectivity index (χ1) is 12.7. The van der Waals surface area contributed by atoms with Crippen LogP contribution in [0.2, 0.25) is 0 Å². The molecule has 5 heteroatoms. The highest BCUT2D eigenvalue weighted by Gasteiger charge is 2.56. The molecule has 1 aliphatic carbocycles. The maximum absolute atomic E-state index is 4.67. The number of nitrogens with zero attached hydrogens (tertiary/aromatic N) is 3. The van der Waals surface area contributed by atoms with Gasteiger partial charge in [-0.1, -0.05) is 6.07 Å². The molecule has 1 atom stereocenters. The zero-order valence-corrected chi connectivity index (χ0v) is 16.8. The molecule has 4 nitrogen and oxygen atoms in total. The smallest absolute Gasteiger partial charge is 0.128 e. The van der Waals surface area contributed by atoms with Gasteiger partial charge < -0.3 is 10.2 Å². The number of anilines is 1. The van der Waals surface area contributed by atoms with Crippen LogP contribution in [0.15, 0.2) is 35.2 Å². The van der Waals surface area contributed by atoms with E-state index in [0.29, 0.717) is 5.41 Å². The van der Waals surface area contributed by atoms with E-state index >= 15 is 0 Å². The first-order valence-electron chi connectivity index (χ1n) is 9.82. The second kappa shape index (κ2) is 7.67. The first-order valence-corrected chi connectivity index (χ1v) is 10.8. The van der Waals surface area contributed by atoms with Crippen LogP contribution in [0.4, 0.5) is 5.82 Å². The maximum Gasteiger partial charge on any atom is 0.128 e. The third kappa shape index (κ3) is 3.80. The van der Waals surface area contributed by atoms with Crippen LogP contribution in [0, 0.1) is 5.41 Å². The summed E-state index contributed by atoms with van der Waals surface area (Å²) < 4.78 is 0. The van der Waals surface area contributed by atoms with Gasteiger partial charge in [0.05, 0.1) is 0 Å². The second-order valence-electron chi connectivity index (χ2n) is 7.91. The van der Waals surface area contributed by atoms with Gasteiger partial charge >= 0.3 is 0 Å². The number of rotatable bonds is 7. The lowest BCUT2D eigenvalue weighted by atomic mass is 9.93. The van der Waals surface area contributed by atoms with Crippen LogP contribution in [-0.4, -0.2) is 42.6 Å². The van der Waals surface area contributed by atoms with Gasteiger partial charge in [-0.15, -0.1) is 0 Å². The predicted octanol–water partition coefficient (Wildman–Crippen LogP) is 3.74. The molecule has 0 radical (unpaired) electrons. The van der Waals surface area contributed by atoms with Crippen molar-refractivity contribution < 1.29 is 0 Å². The minimum atomic E-state index is 0.567. The van der Waals surface area contributed by atoms with Crippen molar-refractivity contribution in [1.82, 2.24) is 15.2 Å². The number of hydrogen-bond acceptors (Lipinski definition) is 5. The minimum absolute atomic E-state index is 0.567. The van der Waals surface area contributed by atoms with Crippen molar-refractivity contribution in [1.29, 1.82) is 0 Å². The van der Waals surface area contributed by atoms with E-state index in [9.17, 15) is 0 Å². The third-order valence-electron chi connectivity index (χ3n) is 6.21. The summed E-state index contributed by atoms with van der Waals surface area (Å²) in [7, 11) is 2.09. The molecule has 2 fully saturated rings. The van der Waals surface area contributed by atoms with Crippen LogP contribution in [-0.2, 0) is 13.1 Å². The number of hydrogen-bond donors (Lipinski definition) is 1. The van der Waals surface area contributed by atoms with Gasteiger partial charge in [0.15, 0.2) is 0 Å². The van der Waals surface area contributed by atoms with Crippen molar-refractivity contribution in [3.8, 4) is 0 Å². The number of nitrogens with one attached hydrogen (secondary N) is 1. The molecule has 2 aromatic heterocycles. The van der Waals surface area contributed by atoms with Crippen molar-refractivity contribution in [2.75, 3.05) is 31.6 Å². The second-order valence-corrected chi connectivity index (χ2v) is 8.69. The first kappa shape index (κ1) is 18.0. The van der Waals surface area contributed by atoms with E-state index in [2.05, 4.69) is 69.2 Å². The fourth-order valence-corrected chi connectivity index (χ4v) is 4.99. The predicted molar refractivity (Wildman–Crippen MR) is 110 cm³/mol. The molecule has 26 heavy (non-hydrogen) atoms. The van der Waals surface area contributed by atoms with Crippen molar-refractivity contribution in [2.45, 2.75) is 45.3 Å². The van der Waals surface area contributed by atoms with E-state index in [4.69, 9.17) is 0 Å². The number of piperidine rings is 1. The van der Waals surface area contributed by atoms with Gasteiger partial charge in [0.1, 0.15) is 5.82 Å². The zero-order chi connectivity index (χ0) is 18.0. The Labute approximate surface area is 161 Å². The summed E-state index contributed by atoms with van der Waals surface area (Å²) in [4.78, 5) is 9.55. The molecule has 0 bridgehead atoms. The quantitative estimate of drug-likeness (QED) is 0.804. The molecule has 3 heterocycles. The van der Waals surface area contributed by atoms with Crippen LogP contribution >= 0.6 is 11.3 Å². The monoisotopic (exact) mass is 370 g/mol. The molecule has 2 aliphatic rings. The fourth-order valence-electron chi connectivity index (χ4n) is 4.33. The highest BCUT2D eigenvalue weighted by Crippen LogP contribution is 2.56. The summed E-state index contributed by atoms with van der Waals surface area (Å²) in [6, 6.07) is 7.41. The molecule has 1 saturated carbocycles. The third-order valence-corrected chi connectivity index (χ3v) is 6.94. The summed E-state index contributed by atoms with van der Waals surface area (Å²) in [5.74, 6) is 1.06. The minimum Gasteiger partial charge on any atom is -0.360 e. The molecule has 0 amide bonds. The standard InChI is InChI=1S/C21H30N4S/c1-3-24(2)20-5-4-17(13-23-20)14-25(15-18-6-11-26-16-18)19-12-21(19)7-9-22-10-8-21/h4-6,11,13,16,19,22H,3,7-10,12,14-15H2,1-2H3. The van der Waals surface area contributed by atoms with Crippen LogP contribution in [0.3, 0.4) is 0 Å². The molecular formula is C21H30N4S. The Kier molecular flexibility index (Phi) is 5.30. The van der Waals surface area contributed by atoms with Gasteiger partial charge in [0, 0.05) is 38.9 Å². The Morgan fingerprint density at radius 1 is 1.19 bits per heavy atom. The normalized spacial score (nSPS) is 21.3. The van der Waals surface area contributed by atoms with Crippen molar-refractivity contribution in [3.05, 3.63) is 46.3 Å². The van der Waals surface area contributed by atoms with Crippen LogP contribution in [0.5, 0.6) is 0 Å². The van der Waals surface area contributed by atoms with E-state index in [-0.39, 0.29) is 0 Å². The molecule has 4 rings (SSSR count). The Hall–Kier alpha value is -1.43. The number of aromatic nitrogens is 1. The lowest BCUT2D eigenvalue weighted by Crippen LogP contribution is -2.35. The van der Waals surface area contributed by atoms with Gasteiger partial charge in [-0.05, 0) is 78.7 Å². The summed E-state index contributed by atoms with van der Waals surface area (Å²) in [6.45, 7) is 7.56. The lowest BCUT2D eigenvalue weighted by molar-refractivity contribution is 0.188. The van der Waals surface area contributed by atoms with E-state index in [0.717, 1.165) is 31.5 Å². The van der Waals surface area contributed by atoms with Crippen molar-refractivity contribution >= 4 is 17.2 Å². The molecule has 1 unspecified atom stereocenters. The Balaban J connectivity index is 1.48. The molecule has 140 valence electrons. The Bertz CT molecular complexity index is 691. The van der Waals surface area contributed by atoms with E-state index in [1.807, 2.05) is 0 Å². The molecule has 1 spiro atoms. The van der Waals surface area contributed by atoms with Gasteiger partial charge in [-0.25, -0.2) is 4.98 Å². The van der Waals surface area contributed by atoms with Crippen LogP contribution < -0.4 is 10.2 Å². The largest absolute Gasteiger partial charge is 0.360 e. The van der Waals surface area contributed by atoms with Crippen molar-refractivity contribution in [2.24, 2.45) is 5.41 Å². The molecule has 2 aromatic rings.